The number of amides is 2. The summed E-state index contributed by atoms with van der Waals surface area (Å²) in [6, 6.07) is 6.57. The third-order valence-electron chi connectivity index (χ3n) is 5.26. The zero-order chi connectivity index (χ0) is 16.6. The molecule has 4 atom stereocenters. The Labute approximate surface area is 133 Å². The minimum absolute atomic E-state index is 0.0526. The lowest BCUT2D eigenvalue weighted by atomic mass is 9.73. The van der Waals surface area contributed by atoms with Crippen LogP contribution < -0.4 is 4.90 Å². The molecule has 0 aromatic heterocycles. The largest absolute Gasteiger partial charge is 0.359 e. The number of imide groups is 1. The molecule has 2 saturated heterocycles. The highest BCUT2D eigenvalue weighted by Crippen LogP contribution is 2.57. The average molecular weight is 311 g/mol. The van der Waals surface area contributed by atoms with Crippen molar-refractivity contribution in [3.63, 3.8) is 0 Å². The predicted molar refractivity (Wildman–Crippen MR) is 83.0 cm³/mol. The fourth-order valence-electron chi connectivity index (χ4n) is 4.13. The predicted octanol–water partition coefficient (Wildman–Crippen LogP) is 2.11. The molecule has 2 amide bonds. The van der Waals surface area contributed by atoms with Gasteiger partial charge in [0, 0.05) is 5.56 Å². The van der Waals surface area contributed by atoms with Crippen LogP contribution in [-0.2, 0) is 14.3 Å². The summed E-state index contributed by atoms with van der Waals surface area (Å²) in [6.07, 6.45) is 3.78. The molecule has 118 valence electrons. The van der Waals surface area contributed by atoms with E-state index in [2.05, 4.69) is 0 Å². The number of nitrogens with zero attached hydrogens (tertiary/aromatic N) is 1. The van der Waals surface area contributed by atoms with E-state index in [1.165, 1.54) is 11.8 Å². The van der Waals surface area contributed by atoms with Crippen molar-refractivity contribution in [2.45, 2.75) is 32.0 Å². The Balaban J connectivity index is 1.75. The molecule has 4 unspecified atom stereocenters. The number of rotatable bonds is 2. The van der Waals surface area contributed by atoms with Crippen LogP contribution in [0.5, 0.6) is 0 Å². The van der Waals surface area contributed by atoms with Crippen LogP contribution in [0.3, 0.4) is 0 Å². The Kier molecular flexibility index (Phi) is 2.60. The van der Waals surface area contributed by atoms with Crippen LogP contribution in [0.1, 0.15) is 31.1 Å². The fraction of sp³-hybridized carbons (Fsp3) is 0.389. The third-order valence-corrected chi connectivity index (χ3v) is 5.26. The van der Waals surface area contributed by atoms with Gasteiger partial charge in [-0.3, -0.25) is 14.4 Å². The van der Waals surface area contributed by atoms with Gasteiger partial charge in [0.1, 0.15) is 0 Å². The van der Waals surface area contributed by atoms with Crippen LogP contribution in [0, 0.1) is 11.8 Å². The second-order valence-corrected chi connectivity index (χ2v) is 6.87. The molecule has 3 aliphatic heterocycles. The Morgan fingerprint density at radius 2 is 1.48 bits per heavy atom. The van der Waals surface area contributed by atoms with Crippen LogP contribution in [0.15, 0.2) is 36.4 Å². The highest BCUT2D eigenvalue weighted by Gasteiger charge is 2.70. The second-order valence-electron chi connectivity index (χ2n) is 6.87. The van der Waals surface area contributed by atoms with Crippen molar-refractivity contribution in [2.75, 3.05) is 4.90 Å². The van der Waals surface area contributed by atoms with E-state index in [1.807, 2.05) is 26.0 Å². The Hall–Kier alpha value is -2.27. The highest BCUT2D eigenvalue weighted by molar-refractivity contribution is 6.23. The molecular formula is C18H17NO4. The molecule has 23 heavy (non-hydrogen) atoms. The molecule has 2 fully saturated rings. The highest BCUT2D eigenvalue weighted by atomic mass is 16.5. The molecule has 1 aromatic carbocycles. The van der Waals surface area contributed by atoms with Crippen molar-refractivity contribution in [2.24, 2.45) is 11.8 Å². The first-order valence-electron chi connectivity index (χ1n) is 7.66. The topological polar surface area (TPSA) is 63.7 Å². The number of anilines is 1. The minimum Gasteiger partial charge on any atom is -0.359 e. The summed E-state index contributed by atoms with van der Waals surface area (Å²) in [5.74, 6) is -1.49. The summed E-state index contributed by atoms with van der Waals surface area (Å²) in [5.41, 5.74) is -0.386. The first-order chi connectivity index (χ1) is 10.8. The van der Waals surface area contributed by atoms with Crippen LogP contribution in [0.2, 0.25) is 0 Å². The van der Waals surface area contributed by atoms with Gasteiger partial charge in [-0.05, 0) is 45.0 Å². The summed E-state index contributed by atoms with van der Waals surface area (Å²) in [4.78, 5) is 38.4. The van der Waals surface area contributed by atoms with Crippen molar-refractivity contribution < 1.29 is 19.1 Å². The zero-order valence-electron chi connectivity index (χ0n) is 13.2. The number of carbonyl (C=O) groups is 3. The van der Waals surface area contributed by atoms with Gasteiger partial charge in [-0.15, -0.1) is 0 Å². The number of carbonyl (C=O) groups excluding carboxylic acids is 3. The standard InChI is InChI=1S/C18H17NO4/c1-10(20)11-4-6-12(7-5-11)19-15(21)13-14(16(19)22)18(3)9-8-17(13,2)23-18/h4-9,13-14H,1-3H3. The quantitative estimate of drug-likeness (QED) is 0.477. The molecule has 0 N–H and O–H groups in total. The van der Waals surface area contributed by atoms with Gasteiger partial charge in [0.05, 0.1) is 28.7 Å². The molecule has 5 nitrogen and oxygen atoms in total. The van der Waals surface area contributed by atoms with Gasteiger partial charge in [0.2, 0.25) is 11.8 Å². The molecule has 0 saturated carbocycles. The number of Topliss-reactive ketones (excluding diaryl/α,β-unsaturated/α-hetero) is 1. The Morgan fingerprint density at radius 1 is 1.00 bits per heavy atom. The number of fused-ring (bicyclic) bond motifs is 5. The average Bonchev–Trinajstić information content (AvgIpc) is 3.04. The van der Waals surface area contributed by atoms with E-state index in [-0.39, 0.29) is 17.6 Å². The molecule has 3 heterocycles. The van der Waals surface area contributed by atoms with Gasteiger partial charge in [0.25, 0.3) is 0 Å². The normalized spacial score (nSPS) is 37.6. The first kappa shape index (κ1) is 14.3. The number of ether oxygens (including phenoxy) is 1. The van der Waals surface area contributed by atoms with Crippen molar-refractivity contribution in [3.05, 3.63) is 42.0 Å². The van der Waals surface area contributed by atoms with E-state index in [0.29, 0.717) is 11.3 Å². The molecule has 0 spiro atoms. The van der Waals surface area contributed by atoms with Crippen molar-refractivity contribution in [1.29, 1.82) is 0 Å². The van der Waals surface area contributed by atoms with Crippen molar-refractivity contribution in [1.82, 2.24) is 0 Å². The van der Waals surface area contributed by atoms with Crippen LogP contribution >= 0.6 is 0 Å². The number of ketones is 1. The zero-order valence-corrected chi connectivity index (χ0v) is 13.2. The monoisotopic (exact) mass is 311 g/mol. The summed E-state index contributed by atoms with van der Waals surface area (Å²) >= 11 is 0. The minimum atomic E-state index is -0.722. The van der Waals surface area contributed by atoms with Crippen molar-refractivity contribution in [3.8, 4) is 0 Å². The molecule has 5 heteroatoms. The maximum Gasteiger partial charge on any atom is 0.241 e. The van der Waals surface area contributed by atoms with Crippen LogP contribution in [-0.4, -0.2) is 28.8 Å². The molecule has 3 aliphatic rings. The van der Waals surface area contributed by atoms with Gasteiger partial charge >= 0.3 is 0 Å². The van der Waals surface area contributed by atoms with E-state index in [1.54, 1.807) is 24.3 Å². The smallest absolute Gasteiger partial charge is 0.241 e. The number of benzene rings is 1. The lowest BCUT2D eigenvalue weighted by Gasteiger charge is -2.25. The molecule has 1 aromatic rings. The maximum atomic E-state index is 12.9. The summed E-state index contributed by atoms with van der Waals surface area (Å²) < 4.78 is 5.97. The Bertz CT molecular complexity index is 745. The summed E-state index contributed by atoms with van der Waals surface area (Å²) in [5, 5.41) is 0. The van der Waals surface area contributed by atoms with Gasteiger partial charge in [-0.25, -0.2) is 4.90 Å². The van der Waals surface area contributed by atoms with Gasteiger partial charge in [-0.1, -0.05) is 12.2 Å². The van der Waals surface area contributed by atoms with E-state index in [4.69, 9.17) is 4.74 Å². The SMILES string of the molecule is CC(=O)c1ccc(N2C(=O)C3C(C2=O)C2(C)C=CC3(C)O2)cc1. The van der Waals surface area contributed by atoms with E-state index in [9.17, 15) is 14.4 Å². The van der Waals surface area contributed by atoms with E-state index in [0.717, 1.165) is 0 Å². The molecule has 0 radical (unpaired) electrons. The molecule has 2 bridgehead atoms. The summed E-state index contributed by atoms with van der Waals surface area (Å²) in [7, 11) is 0. The summed E-state index contributed by atoms with van der Waals surface area (Å²) in [6.45, 7) is 5.19. The lowest BCUT2D eigenvalue weighted by Crippen LogP contribution is -2.39. The van der Waals surface area contributed by atoms with E-state index >= 15 is 0 Å². The lowest BCUT2D eigenvalue weighted by molar-refractivity contribution is -0.128. The fourth-order valence-corrected chi connectivity index (χ4v) is 4.13. The first-order valence-corrected chi connectivity index (χ1v) is 7.66. The van der Waals surface area contributed by atoms with Gasteiger partial charge in [0.15, 0.2) is 5.78 Å². The molecule has 4 rings (SSSR count). The van der Waals surface area contributed by atoms with Gasteiger partial charge in [-0.2, -0.15) is 0 Å². The third kappa shape index (κ3) is 1.68. The molecular weight excluding hydrogens is 294 g/mol. The van der Waals surface area contributed by atoms with Crippen molar-refractivity contribution >= 4 is 23.3 Å². The van der Waals surface area contributed by atoms with E-state index < -0.39 is 23.0 Å². The van der Waals surface area contributed by atoms with Gasteiger partial charge < -0.3 is 4.74 Å². The number of hydrogen-bond acceptors (Lipinski definition) is 4. The maximum absolute atomic E-state index is 12.9. The second kappa shape index (κ2) is 4.17. The van der Waals surface area contributed by atoms with Crippen LogP contribution in [0.25, 0.3) is 0 Å². The van der Waals surface area contributed by atoms with Crippen LogP contribution in [0.4, 0.5) is 5.69 Å². The Morgan fingerprint density at radius 3 is 1.91 bits per heavy atom. The molecule has 0 aliphatic carbocycles. The number of hydrogen-bond donors (Lipinski definition) is 0.